The third-order valence-electron chi connectivity index (χ3n) is 6.73. The maximum Gasteiger partial charge on any atom is 0.0536 e. The Morgan fingerprint density at radius 3 is 1.86 bits per heavy atom. The normalized spacial score (nSPS) is 11.4. The summed E-state index contributed by atoms with van der Waals surface area (Å²) in [7, 11) is 0. The van der Waals surface area contributed by atoms with Crippen LogP contribution in [0.5, 0.6) is 0 Å². The number of nitrogens with one attached hydrogen (secondary N) is 1. The summed E-state index contributed by atoms with van der Waals surface area (Å²) in [4.78, 5) is 5.84. The van der Waals surface area contributed by atoms with E-state index in [2.05, 4.69) is 148 Å². The van der Waals surface area contributed by atoms with Gasteiger partial charge in [-0.3, -0.25) is 0 Å². The van der Waals surface area contributed by atoms with E-state index in [1.165, 1.54) is 32.7 Å². The summed E-state index contributed by atoms with van der Waals surface area (Å²) in [5.41, 5.74) is 8.10. The Bertz CT molecular complexity index is 1740. The average Bonchev–Trinajstić information content (AvgIpc) is 3.50. The highest BCUT2D eigenvalue weighted by Gasteiger charge is 2.13. The van der Waals surface area contributed by atoms with Gasteiger partial charge >= 0.3 is 0 Å². The minimum absolute atomic E-state index is 1.13. The van der Waals surface area contributed by atoms with Crippen LogP contribution in [-0.2, 0) is 0 Å². The Kier molecular flexibility index (Phi) is 4.46. The molecule has 0 bridgehead atoms. The van der Waals surface area contributed by atoms with Gasteiger partial charge in [0.25, 0.3) is 0 Å². The van der Waals surface area contributed by atoms with Gasteiger partial charge in [0.1, 0.15) is 0 Å². The minimum atomic E-state index is 1.13. The zero-order chi connectivity index (χ0) is 23.2. The highest BCUT2D eigenvalue weighted by molar-refractivity contribution is 6.11. The van der Waals surface area contributed by atoms with E-state index in [9.17, 15) is 0 Å². The Labute approximate surface area is 203 Å². The van der Waals surface area contributed by atoms with Crippen LogP contribution in [0.1, 0.15) is 0 Å². The van der Waals surface area contributed by atoms with Crippen molar-refractivity contribution in [1.82, 2.24) is 9.55 Å². The molecule has 0 saturated heterocycles. The largest absolute Gasteiger partial charge is 0.354 e. The topological polar surface area (TPSA) is 24.0 Å². The predicted octanol–water partition coefficient (Wildman–Crippen LogP) is 8.73. The molecular weight excluding hydrogens is 426 g/mol. The fraction of sp³-hybridized carbons (Fsp3) is 0. The Balaban J connectivity index is 1.33. The Morgan fingerprint density at radius 1 is 0.514 bits per heavy atom. The zero-order valence-electron chi connectivity index (χ0n) is 19.1. The summed E-state index contributed by atoms with van der Waals surface area (Å²) < 4.78 is 2.27. The molecule has 0 fully saturated rings. The SMILES string of the molecule is c1ccc(N(c2ccccc2)c2ccc(-n3ccc4cc5[nH]c6ccccc6c5cc43)cc2)cc1. The monoisotopic (exact) mass is 449 g/mol. The molecule has 3 heteroatoms. The van der Waals surface area contributed by atoms with Gasteiger partial charge in [-0.05, 0) is 72.8 Å². The summed E-state index contributed by atoms with van der Waals surface area (Å²) in [5.74, 6) is 0. The zero-order valence-corrected chi connectivity index (χ0v) is 19.1. The highest BCUT2D eigenvalue weighted by atomic mass is 15.1. The number of aromatic nitrogens is 2. The predicted molar refractivity (Wildman–Crippen MR) is 147 cm³/mol. The van der Waals surface area contributed by atoms with Crippen LogP contribution < -0.4 is 4.90 Å². The fourth-order valence-electron chi connectivity index (χ4n) is 5.07. The van der Waals surface area contributed by atoms with Gasteiger partial charge in [0, 0.05) is 56.1 Å². The van der Waals surface area contributed by atoms with Crippen molar-refractivity contribution in [2.75, 3.05) is 4.90 Å². The van der Waals surface area contributed by atoms with Crippen molar-refractivity contribution in [2.24, 2.45) is 0 Å². The molecule has 0 radical (unpaired) electrons. The number of rotatable bonds is 4. The van der Waals surface area contributed by atoms with Crippen molar-refractivity contribution < 1.29 is 0 Å². The molecule has 1 N–H and O–H groups in total. The second kappa shape index (κ2) is 7.93. The van der Waals surface area contributed by atoms with Crippen LogP contribution in [-0.4, -0.2) is 9.55 Å². The summed E-state index contributed by atoms with van der Waals surface area (Å²) in [5, 5.41) is 3.74. The molecular formula is C32H23N3. The molecule has 35 heavy (non-hydrogen) atoms. The number of anilines is 3. The number of nitrogens with zero attached hydrogens (tertiary/aromatic N) is 2. The van der Waals surface area contributed by atoms with Gasteiger partial charge < -0.3 is 14.5 Å². The fourth-order valence-corrected chi connectivity index (χ4v) is 5.07. The average molecular weight is 450 g/mol. The maximum absolute atomic E-state index is 3.56. The molecule has 5 aromatic carbocycles. The molecule has 0 atom stereocenters. The third-order valence-corrected chi connectivity index (χ3v) is 6.73. The van der Waals surface area contributed by atoms with E-state index in [-0.39, 0.29) is 0 Å². The van der Waals surface area contributed by atoms with Gasteiger partial charge in [-0.15, -0.1) is 0 Å². The molecule has 166 valence electrons. The van der Waals surface area contributed by atoms with Gasteiger partial charge in [0.2, 0.25) is 0 Å². The molecule has 0 aliphatic heterocycles. The van der Waals surface area contributed by atoms with Crippen LogP contribution in [0.3, 0.4) is 0 Å². The lowest BCUT2D eigenvalue weighted by atomic mass is 10.1. The molecule has 7 aromatic rings. The van der Waals surface area contributed by atoms with Crippen molar-refractivity contribution in [1.29, 1.82) is 0 Å². The lowest BCUT2D eigenvalue weighted by Crippen LogP contribution is -2.09. The number of para-hydroxylation sites is 3. The Morgan fingerprint density at radius 2 is 1.14 bits per heavy atom. The summed E-state index contributed by atoms with van der Waals surface area (Å²) in [6, 6.07) is 45.1. The molecule has 2 aromatic heterocycles. The van der Waals surface area contributed by atoms with Gasteiger partial charge in [-0.25, -0.2) is 0 Å². The molecule has 7 rings (SSSR count). The van der Waals surface area contributed by atoms with E-state index in [1.54, 1.807) is 0 Å². The van der Waals surface area contributed by atoms with Crippen LogP contribution in [0.15, 0.2) is 134 Å². The minimum Gasteiger partial charge on any atom is -0.354 e. The summed E-state index contributed by atoms with van der Waals surface area (Å²) in [6.07, 6.45) is 2.16. The maximum atomic E-state index is 3.56. The number of H-pyrrole nitrogens is 1. The first-order valence-electron chi connectivity index (χ1n) is 11.9. The third kappa shape index (κ3) is 3.29. The van der Waals surface area contributed by atoms with Gasteiger partial charge in [0.15, 0.2) is 0 Å². The summed E-state index contributed by atoms with van der Waals surface area (Å²) >= 11 is 0. The first kappa shape index (κ1) is 19.7. The molecule has 0 aliphatic rings. The van der Waals surface area contributed by atoms with E-state index in [4.69, 9.17) is 0 Å². The van der Waals surface area contributed by atoms with Gasteiger partial charge in [-0.2, -0.15) is 0 Å². The second-order valence-electron chi connectivity index (χ2n) is 8.84. The smallest absolute Gasteiger partial charge is 0.0536 e. The molecule has 3 nitrogen and oxygen atoms in total. The van der Waals surface area contributed by atoms with E-state index in [1.807, 2.05) is 0 Å². The van der Waals surface area contributed by atoms with Crippen molar-refractivity contribution in [2.45, 2.75) is 0 Å². The van der Waals surface area contributed by atoms with Crippen LogP contribution in [0, 0.1) is 0 Å². The number of hydrogen-bond acceptors (Lipinski definition) is 1. The van der Waals surface area contributed by atoms with E-state index in [0.29, 0.717) is 0 Å². The van der Waals surface area contributed by atoms with Crippen molar-refractivity contribution in [3.8, 4) is 5.69 Å². The molecule has 0 spiro atoms. The molecule has 0 aliphatic carbocycles. The van der Waals surface area contributed by atoms with Gasteiger partial charge in [-0.1, -0.05) is 54.6 Å². The number of aromatic amines is 1. The quantitative estimate of drug-likeness (QED) is 0.285. The lowest BCUT2D eigenvalue weighted by molar-refractivity contribution is 1.13. The Hall–Kier alpha value is -4.76. The highest BCUT2D eigenvalue weighted by Crippen LogP contribution is 2.35. The first-order chi connectivity index (χ1) is 17.3. The standard InChI is InChI=1S/C32H23N3/c1-3-9-25(10-4-1)35(26-11-5-2-6-12-26)27-17-15-24(16-18-27)34-20-19-23-21-31-29(22-32(23)34)28-13-7-8-14-30(28)33-31/h1-22,33H. The van der Waals surface area contributed by atoms with E-state index < -0.39 is 0 Å². The molecule has 0 amide bonds. The number of benzene rings is 5. The second-order valence-corrected chi connectivity index (χ2v) is 8.84. The van der Waals surface area contributed by atoms with E-state index >= 15 is 0 Å². The summed E-state index contributed by atoms with van der Waals surface area (Å²) in [6.45, 7) is 0. The molecule has 0 unspecified atom stereocenters. The lowest BCUT2D eigenvalue weighted by Gasteiger charge is -2.25. The van der Waals surface area contributed by atoms with Crippen LogP contribution in [0.2, 0.25) is 0 Å². The van der Waals surface area contributed by atoms with Gasteiger partial charge in [0.05, 0.1) is 5.52 Å². The van der Waals surface area contributed by atoms with Crippen LogP contribution in [0.25, 0.3) is 38.4 Å². The number of fused-ring (bicyclic) bond motifs is 4. The first-order valence-corrected chi connectivity index (χ1v) is 11.9. The van der Waals surface area contributed by atoms with Crippen molar-refractivity contribution in [3.05, 3.63) is 134 Å². The number of hydrogen-bond donors (Lipinski definition) is 1. The molecule has 2 heterocycles. The van der Waals surface area contributed by atoms with Crippen LogP contribution >= 0.6 is 0 Å². The van der Waals surface area contributed by atoms with Crippen molar-refractivity contribution in [3.63, 3.8) is 0 Å². The molecule has 0 saturated carbocycles. The van der Waals surface area contributed by atoms with Crippen molar-refractivity contribution >= 4 is 49.8 Å². The van der Waals surface area contributed by atoms with E-state index in [0.717, 1.165) is 22.7 Å². The van der Waals surface area contributed by atoms with Crippen LogP contribution in [0.4, 0.5) is 17.1 Å².